The lowest BCUT2D eigenvalue weighted by molar-refractivity contribution is 0.231. The molecular formula is C8H18N2. The van der Waals surface area contributed by atoms with E-state index in [-0.39, 0.29) is 0 Å². The molecular weight excluding hydrogens is 124 g/mol. The van der Waals surface area contributed by atoms with Gasteiger partial charge in [0.2, 0.25) is 0 Å². The molecule has 1 atom stereocenters. The lowest BCUT2D eigenvalue weighted by Gasteiger charge is -2.30. The molecule has 0 amide bonds. The minimum Gasteiger partial charge on any atom is -0.311 e. The monoisotopic (exact) mass is 142 g/mol. The second-order valence-electron chi connectivity index (χ2n) is 3.20. The molecule has 1 rings (SSSR count). The zero-order valence-electron chi connectivity index (χ0n) is 7.06. The van der Waals surface area contributed by atoms with Gasteiger partial charge in [0.1, 0.15) is 0 Å². The molecule has 0 spiro atoms. The lowest BCUT2D eigenvalue weighted by atomic mass is 10.1. The predicted molar refractivity (Wildman–Crippen MR) is 44.2 cm³/mol. The minimum atomic E-state index is 0.753. The van der Waals surface area contributed by atoms with Gasteiger partial charge in [0, 0.05) is 25.7 Å². The van der Waals surface area contributed by atoms with Crippen molar-refractivity contribution in [1.82, 2.24) is 10.2 Å². The summed E-state index contributed by atoms with van der Waals surface area (Å²) < 4.78 is 0. The van der Waals surface area contributed by atoms with Crippen LogP contribution in [0.4, 0.5) is 0 Å². The van der Waals surface area contributed by atoms with Crippen LogP contribution in [0, 0.1) is 0 Å². The van der Waals surface area contributed by atoms with Crippen LogP contribution in [0.3, 0.4) is 0 Å². The van der Waals surface area contributed by atoms with Crippen LogP contribution >= 0.6 is 0 Å². The molecule has 60 valence electrons. The van der Waals surface area contributed by atoms with Crippen molar-refractivity contribution in [1.29, 1.82) is 0 Å². The molecule has 0 unspecified atom stereocenters. The molecule has 0 aromatic heterocycles. The fourth-order valence-electron chi connectivity index (χ4n) is 1.53. The maximum absolute atomic E-state index is 3.51. The van der Waals surface area contributed by atoms with Crippen LogP contribution in [0.15, 0.2) is 0 Å². The van der Waals surface area contributed by atoms with Crippen molar-refractivity contribution in [3.63, 3.8) is 0 Å². The number of hydrogen-bond acceptors (Lipinski definition) is 2. The van der Waals surface area contributed by atoms with Crippen molar-refractivity contribution in [3.8, 4) is 0 Å². The third-order valence-electron chi connectivity index (χ3n) is 2.10. The second kappa shape index (κ2) is 3.94. The summed E-state index contributed by atoms with van der Waals surface area (Å²) in [6.07, 6.45) is 2.62. The van der Waals surface area contributed by atoms with E-state index in [2.05, 4.69) is 24.2 Å². The van der Waals surface area contributed by atoms with E-state index in [0.717, 1.165) is 6.04 Å². The van der Waals surface area contributed by atoms with Crippen molar-refractivity contribution in [2.45, 2.75) is 25.8 Å². The van der Waals surface area contributed by atoms with E-state index < -0.39 is 0 Å². The minimum absolute atomic E-state index is 0.753. The van der Waals surface area contributed by atoms with Gasteiger partial charge in [-0.15, -0.1) is 0 Å². The first-order valence-corrected chi connectivity index (χ1v) is 4.25. The molecule has 1 N–H and O–H groups in total. The van der Waals surface area contributed by atoms with Gasteiger partial charge in [0.05, 0.1) is 0 Å². The summed E-state index contributed by atoms with van der Waals surface area (Å²) in [6.45, 7) is 5.85. The summed E-state index contributed by atoms with van der Waals surface area (Å²) in [6, 6.07) is 0.753. The second-order valence-corrected chi connectivity index (χ2v) is 3.20. The molecule has 10 heavy (non-hydrogen) atoms. The number of likely N-dealkylation sites (N-methyl/N-ethyl adjacent to an activating group) is 1. The topological polar surface area (TPSA) is 15.3 Å². The largest absolute Gasteiger partial charge is 0.311 e. The third-order valence-corrected chi connectivity index (χ3v) is 2.10. The van der Waals surface area contributed by atoms with Crippen LogP contribution in [0.25, 0.3) is 0 Å². The van der Waals surface area contributed by atoms with Gasteiger partial charge in [-0.05, 0) is 13.5 Å². The first kappa shape index (κ1) is 8.02. The Bertz CT molecular complexity index is 91.3. The zero-order chi connectivity index (χ0) is 7.40. The fourth-order valence-corrected chi connectivity index (χ4v) is 1.53. The highest BCUT2D eigenvalue weighted by molar-refractivity contribution is 4.75. The van der Waals surface area contributed by atoms with Gasteiger partial charge in [0.15, 0.2) is 0 Å². The summed E-state index contributed by atoms with van der Waals surface area (Å²) in [5.74, 6) is 0. The maximum atomic E-state index is 3.51. The van der Waals surface area contributed by atoms with Gasteiger partial charge < -0.3 is 10.2 Å². The molecule has 0 aromatic carbocycles. The quantitative estimate of drug-likeness (QED) is 0.610. The Morgan fingerprint density at radius 3 is 3.00 bits per heavy atom. The van der Waals surface area contributed by atoms with Crippen LogP contribution < -0.4 is 5.32 Å². The van der Waals surface area contributed by atoms with Gasteiger partial charge in [0.25, 0.3) is 0 Å². The van der Waals surface area contributed by atoms with Gasteiger partial charge in [-0.2, -0.15) is 0 Å². The van der Waals surface area contributed by atoms with Crippen molar-refractivity contribution in [3.05, 3.63) is 0 Å². The van der Waals surface area contributed by atoms with E-state index >= 15 is 0 Å². The normalized spacial score (nSPS) is 28.8. The van der Waals surface area contributed by atoms with Crippen LogP contribution in [-0.2, 0) is 0 Å². The third kappa shape index (κ3) is 2.27. The van der Waals surface area contributed by atoms with Gasteiger partial charge in [-0.1, -0.05) is 13.3 Å². The van der Waals surface area contributed by atoms with Crippen molar-refractivity contribution >= 4 is 0 Å². The molecule has 0 aromatic rings. The van der Waals surface area contributed by atoms with Gasteiger partial charge in [-0.25, -0.2) is 0 Å². The molecule has 0 saturated carbocycles. The number of rotatable bonds is 2. The molecule has 1 aliphatic heterocycles. The van der Waals surface area contributed by atoms with Gasteiger partial charge >= 0.3 is 0 Å². The number of nitrogens with one attached hydrogen (secondary N) is 1. The number of hydrogen-bond donors (Lipinski definition) is 1. The SMILES string of the molecule is CCC[C@H]1CN(C)CCN1. The summed E-state index contributed by atoms with van der Waals surface area (Å²) >= 11 is 0. The first-order chi connectivity index (χ1) is 4.83. The van der Waals surface area contributed by atoms with E-state index in [1.54, 1.807) is 0 Å². The Morgan fingerprint density at radius 2 is 2.40 bits per heavy atom. The Kier molecular flexibility index (Phi) is 3.16. The van der Waals surface area contributed by atoms with Crippen molar-refractivity contribution in [2.24, 2.45) is 0 Å². The average molecular weight is 142 g/mol. The zero-order valence-corrected chi connectivity index (χ0v) is 7.06. The Balaban J connectivity index is 2.18. The summed E-state index contributed by atoms with van der Waals surface area (Å²) in [4.78, 5) is 2.40. The Morgan fingerprint density at radius 1 is 1.60 bits per heavy atom. The average Bonchev–Trinajstić information content (AvgIpc) is 1.88. The molecule has 1 fully saturated rings. The van der Waals surface area contributed by atoms with E-state index in [0.29, 0.717) is 0 Å². The highest BCUT2D eigenvalue weighted by atomic mass is 15.2. The Labute approximate surface area is 63.6 Å². The first-order valence-electron chi connectivity index (χ1n) is 4.25. The molecule has 1 heterocycles. The predicted octanol–water partition coefficient (Wildman–Crippen LogP) is 0.690. The molecule has 0 radical (unpaired) electrons. The molecule has 0 bridgehead atoms. The van der Waals surface area contributed by atoms with Crippen molar-refractivity contribution in [2.75, 3.05) is 26.7 Å². The highest BCUT2D eigenvalue weighted by Gasteiger charge is 2.14. The number of piperazine rings is 1. The van der Waals surface area contributed by atoms with Crippen LogP contribution in [0.1, 0.15) is 19.8 Å². The van der Waals surface area contributed by atoms with Gasteiger partial charge in [-0.3, -0.25) is 0 Å². The standard InChI is InChI=1S/C8H18N2/c1-3-4-8-7-10(2)6-5-9-8/h8-9H,3-7H2,1-2H3/t8-/m0/s1. The lowest BCUT2D eigenvalue weighted by Crippen LogP contribution is -2.48. The molecule has 0 aliphatic carbocycles. The van der Waals surface area contributed by atoms with E-state index in [1.807, 2.05) is 0 Å². The summed E-state index contributed by atoms with van der Waals surface area (Å²) in [7, 11) is 2.20. The van der Waals surface area contributed by atoms with E-state index in [1.165, 1.54) is 32.5 Å². The summed E-state index contributed by atoms with van der Waals surface area (Å²) in [5, 5.41) is 3.51. The fraction of sp³-hybridized carbons (Fsp3) is 1.00. The molecule has 1 aliphatic rings. The molecule has 2 nitrogen and oxygen atoms in total. The van der Waals surface area contributed by atoms with E-state index in [9.17, 15) is 0 Å². The summed E-state index contributed by atoms with van der Waals surface area (Å²) in [5.41, 5.74) is 0. The molecule has 2 heteroatoms. The van der Waals surface area contributed by atoms with Crippen LogP contribution in [-0.4, -0.2) is 37.6 Å². The van der Waals surface area contributed by atoms with E-state index in [4.69, 9.17) is 0 Å². The highest BCUT2D eigenvalue weighted by Crippen LogP contribution is 2.01. The Hall–Kier alpha value is -0.0800. The molecule has 1 saturated heterocycles. The smallest absolute Gasteiger partial charge is 0.0195 e. The van der Waals surface area contributed by atoms with Crippen molar-refractivity contribution < 1.29 is 0 Å². The maximum Gasteiger partial charge on any atom is 0.0195 e. The van der Waals surface area contributed by atoms with Crippen LogP contribution in [0.2, 0.25) is 0 Å². The number of nitrogens with zero attached hydrogens (tertiary/aromatic N) is 1. The van der Waals surface area contributed by atoms with Crippen LogP contribution in [0.5, 0.6) is 0 Å².